The zero-order valence-electron chi connectivity index (χ0n) is 10.5. The second-order valence-corrected chi connectivity index (χ2v) is 4.61. The van der Waals surface area contributed by atoms with Gasteiger partial charge in [-0.05, 0) is 12.1 Å². The van der Waals surface area contributed by atoms with Crippen molar-refractivity contribution in [3.8, 4) is 5.75 Å². The summed E-state index contributed by atoms with van der Waals surface area (Å²) in [6.07, 6.45) is 0. The largest absolute Gasteiger partial charge is 1.00 e. The molecule has 0 bridgehead atoms. The van der Waals surface area contributed by atoms with Gasteiger partial charge in [-0.3, -0.25) is 9.79 Å². The topological polar surface area (TPSA) is 62.7 Å². The average molecular weight is 301 g/mol. The lowest BCUT2D eigenvalue weighted by molar-refractivity contribution is -0.113. The van der Waals surface area contributed by atoms with Gasteiger partial charge in [-0.2, -0.15) is 0 Å². The van der Waals surface area contributed by atoms with Crippen molar-refractivity contribution in [1.82, 2.24) is 5.32 Å². The van der Waals surface area contributed by atoms with Crippen LogP contribution in [0, 0.1) is 0 Å². The monoisotopic (exact) mass is 300 g/mol. The van der Waals surface area contributed by atoms with E-state index in [2.05, 4.69) is 15.6 Å². The molecular formula is C12H15ClN3O2S-. The van der Waals surface area contributed by atoms with E-state index in [-0.39, 0.29) is 18.3 Å². The molecule has 0 spiro atoms. The van der Waals surface area contributed by atoms with Gasteiger partial charge in [-0.1, -0.05) is 23.9 Å². The van der Waals surface area contributed by atoms with Gasteiger partial charge in [0.25, 0.3) is 0 Å². The average Bonchev–Trinajstić information content (AvgIpc) is 2.90. The number of benzene rings is 1. The molecular weight excluding hydrogens is 286 g/mol. The Hall–Kier alpha value is -1.40. The van der Waals surface area contributed by atoms with Crippen LogP contribution in [0.3, 0.4) is 0 Å². The van der Waals surface area contributed by atoms with Crippen molar-refractivity contribution < 1.29 is 21.9 Å². The molecule has 104 valence electrons. The van der Waals surface area contributed by atoms with Crippen molar-refractivity contribution in [1.29, 1.82) is 0 Å². The lowest BCUT2D eigenvalue weighted by atomic mass is 10.3. The fourth-order valence-corrected chi connectivity index (χ4v) is 2.27. The fraction of sp³-hybridized carbons (Fsp3) is 0.333. The van der Waals surface area contributed by atoms with Gasteiger partial charge < -0.3 is 27.8 Å². The summed E-state index contributed by atoms with van der Waals surface area (Å²) >= 11 is 1.41. The molecule has 1 aromatic rings. The Morgan fingerprint density at radius 3 is 3.00 bits per heavy atom. The van der Waals surface area contributed by atoms with E-state index in [4.69, 9.17) is 4.74 Å². The summed E-state index contributed by atoms with van der Waals surface area (Å²) in [5.41, 5.74) is 0.687. The molecule has 0 saturated carbocycles. The van der Waals surface area contributed by atoms with Crippen LogP contribution in [-0.2, 0) is 4.79 Å². The predicted octanol–water partition coefficient (Wildman–Crippen LogP) is -1.67. The number of carbonyl (C=O) groups excluding carboxylic acids is 1. The first kappa shape index (κ1) is 15.7. The minimum atomic E-state index is -0.0686. The molecule has 0 radical (unpaired) electrons. The van der Waals surface area contributed by atoms with Gasteiger partial charge in [0.1, 0.15) is 5.75 Å². The van der Waals surface area contributed by atoms with Crippen LogP contribution in [0.25, 0.3) is 0 Å². The molecule has 0 aliphatic carbocycles. The lowest BCUT2D eigenvalue weighted by Crippen LogP contribution is -3.00. The summed E-state index contributed by atoms with van der Waals surface area (Å²) in [5.74, 6) is 0.928. The molecule has 2 rings (SSSR count). The van der Waals surface area contributed by atoms with E-state index in [9.17, 15) is 4.79 Å². The predicted molar refractivity (Wildman–Crippen MR) is 74.4 cm³/mol. The first-order valence-electron chi connectivity index (χ1n) is 5.63. The quantitative estimate of drug-likeness (QED) is 0.698. The number of para-hydroxylation sites is 2. The second-order valence-electron chi connectivity index (χ2n) is 3.65. The van der Waals surface area contributed by atoms with Gasteiger partial charge in [0, 0.05) is 6.54 Å². The Morgan fingerprint density at radius 2 is 2.32 bits per heavy atom. The number of methoxy groups -OCH3 is 1. The number of aliphatic imine (C=N–C) groups is 1. The van der Waals surface area contributed by atoms with E-state index in [0.717, 1.165) is 18.3 Å². The Morgan fingerprint density at radius 1 is 1.53 bits per heavy atom. The van der Waals surface area contributed by atoms with Crippen molar-refractivity contribution in [2.24, 2.45) is 4.99 Å². The Kier molecular flexibility index (Phi) is 6.52. The van der Waals surface area contributed by atoms with Gasteiger partial charge in [-0.15, -0.1) is 0 Å². The summed E-state index contributed by atoms with van der Waals surface area (Å²) in [6.45, 7) is 1.65. The maximum Gasteiger partial charge on any atom is 0.234 e. The van der Waals surface area contributed by atoms with Gasteiger partial charge in [0.05, 0.1) is 25.1 Å². The van der Waals surface area contributed by atoms with Crippen molar-refractivity contribution >= 4 is 28.5 Å². The summed E-state index contributed by atoms with van der Waals surface area (Å²) in [5, 5.41) is 6.76. The number of hydrogen-bond acceptors (Lipinski definition) is 5. The summed E-state index contributed by atoms with van der Waals surface area (Å²) in [7, 11) is 1.58. The van der Waals surface area contributed by atoms with Crippen LogP contribution >= 0.6 is 11.8 Å². The van der Waals surface area contributed by atoms with Crippen LogP contribution in [0.5, 0.6) is 5.75 Å². The molecule has 0 unspecified atom stereocenters. The minimum Gasteiger partial charge on any atom is -1.00 e. The first-order chi connectivity index (χ1) is 8.79. The number of amides is 1. The number of amidine groups is 1. The number of nitrogens with zero attached hydrogens (tertiary/aromatic N) is 1. The molecule has 19 heavy (non-hydrogen) atoms. The van der Waals surface area contributed by atoms with Crippen LogP contribution in [-0.4, -0.2) is 37.0 Å². The van der Waals surface area contributed by atoms with E-state index in [0.29, 0.717) is 17.2 Å². The number of thioether (sulfide) groups is 1. The highest BCUT2D eigenvalue weighted by atomic mass is 35.5. The molecule has 2 N–H and O–H groups in total. The molecule has 5 nitrogen and oxygen atoms in total. The van der Waals surface area contributed by atoms with Crippen LogP contribution in [0.1, 0.15) is 0 Å². The van der Waals surface area contributed by atoms with Gasteiger partial charge >= 0.3 is 0 Å². The number of anilines is 1. The number of halogens is 1. The molecule has 7 heteroatoms. The molecule has 0 fully saturated rings. The standard InChI is InChI=1S/C12H15N3O2S.ClH/c1-17-10-5-3-2-4-9(10)15-11(16)8-18-12-13-6-7-14-12;/h2-5H,6-8H2,1H3,(H,13,14)(H,15,16);1H/p-1. The van der Waals surface area contributed by atoms with Crippen molar-refractivity contribution in [3.63, 3.8) is 0 Å². The zero-order chi connectivity index (χ0) is 12.8. The van der Waals surface area contributed by atoms with Gasteiger partial charge in [-0.25, -0.2) is 0 Å². The molecule has 1 aliphatic heterocycles. The molecule has 0 saturated heterocycles. The zero-order valence-corrected chi connectivity index (χ0v) is 12.1. The molecule has 1 heterocycles. The maximum absolute atomic E-state index is 11.8. The van der Waals surface area contributed by atoms with E-state index < -0.39 is 0 Å². The number of hydrogen-bond donors (Lipinski definition) is 2. The van der Waals surface area contributed by atoms with Gasteiger partial charge in [0.15, 0.2) is 5.17 Å². The lowest BCUT2D eigenvalue weighted by Gasteiger charge is -2.09. The molecule has 1 aromatic carbocycles. The highest BCUT2D eigenvalue weighted by Gasteiger charge is 2.10. The number of rotatable bonds is 4. The first-order valence-corrected chi connectivity index (χ1v) is 6.62. The van der Waals surface area contributed by atoms with Crippen LogP contribution in [0.4, 0.5) is 5.69 Å². The van der Waals surface area contributed by atoms with Crippen molar-refractivity contribution in [2.45, 2.75) is 0 Å². The summed E-state index contributed by atoms with van der Waals surface area (Å²) < 4.78 is 5.17. The number of nitrogens with one attached hydrogen (secondary N) is 2. The van der Waals surface area contributed by atoms with Crippen LogP contribution in [0.15, 0.2) is 29.3 Å². The molecule has 1 amide bonds. The van der Waals surface area contributed by atoms with Crippen LogP contribution < -0.4 is 27.8 Å². The fourth-order valence-electron chi connectivity index (χ4n) is 1.54. The Balaban J connectivity index is 0.00000180. The highest BCUT2D eigenvalue weighted by Crippen LogP contribution is 2.23. The van der Waals surface area contributed by atoms with Crippen LogP contribution in [0.2, 0.25) is 0 Å². The highest BCUT2D eigenvalue weighted by molar-refractivity contribution is 8.14. The van der Waals surface area contributed by atoms with E-state index in [1.807, 2.05) is 24.3 Å². The van der Waals surface area contributed by atoms with E-state index >= 15 is 0 Å². The third-order valence-corrected chi connectivity index (χ3v) is 3.32. The second kappa shape index (κ2) is 7.91. The summed E-state index contributed by atoms with van der Waals surface area (Å²) in [6, 6.07) is 7.34. The summed E-state index contributed by atoms with van der Waals surface area (Å²) in [4.78, 5) is 16.0. The number of carbonyl (C=O) groups is 1. The minimum absolute atomic E-state index is 0. The maximum atomic E-state index is 11.8. The Bertz CT molecular complexity index is 468. The van der Waals surface area contributed by atoms with E-state index in [1.54, 1.807) is 7.11 Å². The normalized spacial score (nSPS) is 13.0. The van der Waals surface area contributed by atoms with Crippen molar-refractivity contribution in [3.05, 3.63) is 24.3 Å². The SMILES string of the molecule is COc1ccccc1NC(=O)CSC1=NCCN1.[Cl-]. The van der Waals surface area contributed by atoms with Gasteiger partial charge in [0.2, 0.25) is 5.91 Å². The smallest absolute Gasteiger partial charge is 0.234 e. The molecule has 1 aliphatic rings. The van der Waals surface area contributed by atoms with Crippen molar-refractivity contribution in [2.75, 3.05) is 31.3 Å². The van der Waals surface area contributed by atoms with E-state index in [1.165, 1.54) is 11.8 Å². The molecule has 0 atom stereocenters. The Labute approximate surface area is 122 Å². The molecule has 0 aromatic heterocycles. The third-order valence-electron chi connectivity index (χ3n) is 2.36. The third kappa shape index (κ3) is 4.65. The number of ether oxygens (including phenoxy) is 1.